The molecular formula is C20H23N5O3S. The van der Waals surface area contributed by atoms with Gasteiger partial charge >= 0.3 is 0 Å². The number of carbonyl (C=O) groups excluding carboxylic acids is 2. The molecular weight excluding hydrogens is 390 g/mol. The van der Waals surface area contributed by atoms with Gasteiger partial charge in [-0.05, 0) is 36.8 Å². The minimum atomic E-state index is -0.0896. The van der Waals surface area contributed by atoms with Gasteiger partial charge in [-0.2, -0.15) is 5.10 Å². The number of nitrogens with zero attached hydrogens (tertiary/aromatic N) is 3. The van der Waals surface area contributed by atoms with Crippen LogP contribution >= 0.6 is 11.3 Å². The number of anilines is 1. The first kappa shape index (κ1) is 18.4. The maximum atomic E-state index is 12.8. The van der Waals surface area contributed by atoms with E-state index in [2.05, 4.69) is 15.4 Å². The van der Waals surface area contributed by atoms with E-state index in [4.69, 9.17) is 4.74 Å². The van der Waals surface area contributed by atoms with Crippen LogP contribution in [0.25, 0.3) is 10.2 Å². The van der Waals surface area contributed by atoms with E-state index in [1.54, 1.807) is 17.5 Å². The topological polar surface area (TPSA) is 92.3 Å². The molecule has 0 radical (unpaired) electrons. The number of likely N-dealkylation sites (tertiary alicyclic amines) is 1. The summed E-state index contributed by atoms with van der Waals surface area (Å²) in [6.07, 6.45) is 4.08. The molecule has 29 heavy (non-hydrogen) atoms. The number of thiophene rings is 1. The van der Waals surface area contributed by atoms with Crippen LogP contribution in [-0.4, -0.2) is 57.8 Å². The molecule has 5 heterocycles. The predicted molar refractivity (Wildman–Crippen MR) is 110 cm³/mol. The van der Waals surface area contributed by atoms with Crippen molar-refractivity contribution >= 4 is 39.2 Å². The van der Waals surface area contributed by atoms with E-state index >= 15 is 0 Å². The summed E-state index contributed by atoms with van der Waals surface area (Å²) in [5.41, 5.74) is 1.66. The number of rotatable bonds is 4. The second-order valence-electron chi connectivity index (χ2n) is 7.62. The van der Waals surface area contributed by atoms with Gasteiger partial charge in [0.15, 0.2) is 0 Å². The lowest BCUT2D eigenvalue weighted by molar-refractivity contribution is -0.119. The van der Waals surface area contributed by atoms with Gasteiger partial charge < -0.3 is 19.9 Å². The van der Waals surface area contributed by atoms with Crippen LogP contribution in [0.3, 0.4) is 0 Å². The Morgan fingerprint density at radius 2 is 2.10 bits per heavy atom. The molecule has 152 valence electrons. The number of amides is 2. The van der Waals surface area contributed by atoms with Crippen LogP contribution in [0.5, 0.6) is 0 Å². The lowest BCUT2D eigenvalue weighted by Gasteiger charge is -2.32. The first-order valence-electron chi connectivity index (χ1n) is 9.96. The zero-order valence-electron chi connectivity index (χ0n) is 16.0. The van der Waals surface area contributed by atoms with E-state index in [-0.39, 0.29) is 23.8 Å². The summed E-state index contributed by atoms with van der Waals surface area (Å²) in [4.78, 5) is 30.3. The molecule has 2 aliphatic heterocycles. The quantitative estimate of drug-likeness (QED) is 0.688. The second kappa shape index (κ2) is 7.64. The summed E-state index contributed by atoms with van der Waals surface area (Å²) in [5, 5.41) is 9.45. The van der Waals surface area contributed by atoms with Crippen LogP contribution in [0, 0.1) is 5.92 Å². The fraction of sp³-hybridized carbons (Fsp3) is 0.450. The van der Waals surface area contributed by atoms with Gasteiger partial charge in [-0.25, -0.2) is 4.68 Å². The molecule has 1 unspecified atom stereocenters. The first-order chi connectivity index (χ1) is 14.2. The van der Waals surface area contributed by atoms with E-state index < -0.39 is 0 Å². The molecule has 9 heteroatoms. The van der Waals surface area contributed by atoms with Gasteiger partial charge in [0.1, 0.15) is 11.5 Å². The van der Waals surface area contributed by atoms with Gasteiger partial charge in [0.2, 0.25) is 5.91 Å². The monoisotopic (exact) mass is 413 g/mol. The Morgan fingerprint density at radius 3 is 2.86 bits per heavy atom. The van der Waals surface area contributed by atoms with Crippen molar-refractivity contribution in [3.05, 3.63) is 35.5 Å². The summed E-state index contributed by atoms with van der Waals surface area (Å²) in [5.74, 6) is 0.662. The van der Waals surface area contributed by atoms with Gasteiger partial charge in [-0.3, -0.25) is 9.59 Å². The van der Waals surface area contributed by atoms with Gasteiger partial charge in [0, 0.05) is 25.8 Å². The predicted octanol–water partition coefficient (Wildman–Crippen LogP) is 2.88. The molecule has 2 fully saturated rings. The van der Waals surface area contributed by atoms with E-state index in [1.165, 1.54) is 0 Å². The average molecular weight is 414 g/mol. The van der Waals surface area contributed by atoms with Crippen molar-refractivity contribution in [1.29, 1.82) is 0 Å². The maximum Gasteiger partial charge on any atom is 0.270 e. The normalized spacial score (nSPS) is 20.4. The molecule has 8 nitrogen and oxygen atoms in total. The van der Waals surface area contributed by atoms with E-state index in [0.717, 1.165) is 35.3 Å². The van der Waals surface area contributed by atoms with E-state index in [9.17, 15) is 9.59 Å². The summed E-state index contributed by atoms with van der Waals surface area (Å²) in [6.45, 7) is 2.46. The molecule has 2 saturated heterocycles. The number of hydrogen-bond donors (Lipinski definition) is 2. The van der Waals surface area contributed by atoms with Gasteiger partial charge in [-0.15, -0.1) is 11.3 Å². The third-order valence-electron chi connectivity index (χ3n) is 5.79. The highest BCUT2D eigenvalue weighted by Gasteiger charge is 2.28. The van der Waals surface area contributed by atoms with Crippen LogP contribution in [-0.2, 0) is 9.53 Å². The van der Waals surface area contributed by atoms with Crippen LogP contribution in [0.2, 0.25) is 0 Å². The van der Waals surface area contributed by atoms with Crippen LogP contribution in [0.15, 0.2) is 29.8 Å². The number of aromatic nitrogens is 3. The third-order valence-corrected chi connectivity index (χ3v) is 6.65. The highest BCUT2D eigenvalue weighted by molar-refractivity contribution is 7.17. The minimum Gasteiger partial charge on any atom is -0.381 e. The number of aromatic amines is 1. The highest BCUT2D eigenvalue weighted by atomic mass is 32.1. The van der Waals surface area contributed by atoms with E-state index in [1.807, 2.05) is 33.2 Å². The van der Waals surface area contributed by atoms with Crippen molar-refractivity contribution in [2.24, 2.45) is 5.92 Å². The average Bonchev–Trinajstić information content (AvgIpc) is 3.51. The third kappa shape index (κ3) is 3.56. The fourth-order valence-corrected chi connectivity index (χ4v) is 4.90. The maximum absolute atomic E-state index is 12.8. The highest BCUT2D eigenvalue weighted by Crippen LogP contribution is 2.28. The molecule has 0 bridgehead atoms. The molecule has 2 aliphatic rings. The molecule has 3 aromatic heterocycles. The Hall–Kier alpha value is -2.65. The Bertz CT molecular complexity index is 995. The number of piperidine rings is 1. The fourth-order valence-electron chi connectivity index (χ4n) is 4.12. The number of hydrogen-bond acceptors (Lipinski definition) is 5. The molecule has 0 spiro atoms. The molecule has 0 aromatic carbocycles. The number of ether oxygens (including phenoxy) is 1. The molecule has 5 rings (SSSR count). The lowest BCUT2D eigenvalue weighted by Crippen LogP contribution is -2.39. The van der Waals surface area contributed by atoms with Gasteiger partial charge in [0.25, 0.3) is 5.91 Å². The summed E-state index contributed by atoms with van der Waals surface area (Å²) >= 11 is 1.63. The molecule has 2 N–H and O–H groups in total. The Morgan fingerprint density at radius 1 is 1.24 bits per heavy atom. The van der Waals surface area contributed by atoms with Crippen molar-refractivity contribution in [3.63, 3.8) is 0 Å². The van der Waals surface area contributed by atoms with Crippen LogP contribution in [0.1, 0.15) is 35.8 Å². The first-order valence-corrected chi connectivity index (χ1v) is 10.8. The zero-order chi connectivity index (χ0) is 19.8. The largest absolute Gasteiger partial charge is 0.381 e. The van der Waals surface area contributed by atoms with Gasteiger partial charge in [-0.1, -0.05) is 0 Å². The van der Waals surface area contributed by atoms with Crippen molar-refractivity contribution in [2.45, 2.75) is 25.3 Å². The number of carbonyl (C=O) groups is 2. The Balaban J connectivity index is 1.22. The van der Waals surface area contributed by atoms with Crippen molar-refractivity contribution in [3.8, 4) is 0 Å². The molecule has 0 aliphatic carbocycles. The number of H-pyrrole nitrogens is 1. The minimum absolute atomic E-state index is 0.0106. The Labute approximate surface area is 171 Å². The standard InChI is InChI=1S/C20H23N5O3S/c26-19(13-4-9-28-12-13)23-18-1-6-21-25(18)14-2-7-24(8-3-14)20(27)16-11-17-15(22-16)5-10-29-17/h1,5-6,10-11,13-14,22H,2-4,7-9,12H2,(H,23,26). The van der Waals surface area contributed by atoms with Crippen molar-refractivity contribution in [1.82, 2.24) is 19.7 Å². The Kier molecular flexibility index (Phi) is 4.84. The molecule has 0 saturated carbocycles. The number of nitrogens with one attached hydrogen (secondary N) is 2. The summed E-state index contributed by atoms with van der Waals surface area (Å²) < 4.78 is 8.30. The SMILES string of the molecule is O=C(Nc1ccnn1C1CCN(C(=O)c2cc3sccc3[nH]2)CC1)C1CCOC1. The van der Waals surface area contributed by atoms with Crippen molar-refractivity contribution in [2.75, 3.05) is 31.6 Å². The van der Waals surface area contributed by atoms with E-state index in [0.29, 0.717) is 32.0 Å². The summed E-state index contributed by atoms with van der Waals surface area (Å²) in [7, 11) is 0. The molecule has 1 atom stereocenters. The summed E-state index contributed by atoms with van der Waals surface area (Å²) in [6, 6.07) is 5.92. The van der Waals surface area contributed by atoms with Gasteiger partial charge in [0.05, 0.1) is 35.0 Å². The smallest absolute Gasteiger partial charge is 0.270 e. The molecule has 2 amide bonds. The van der Waals surface area contributed by atoms with Crippen molar-refractivity contribution < 1.29 is 14.3 Å². The van der Waals surface area contributed by atoms with Crippen LogP contribution in [0.4, 0.5) is 5.82 Å². The van der Waals surface area contributed by atoms with Crippen LogP contribution < -0.4 is 5.32 Å². The second-order valence-corrected chi connectivity index (χ2v) is 8.56. The molecule has 3 aromatic rings. The lowest BCUT2D eigenvalue weighted by atomic mass is 10.0. The number of fused-ring (bicyclic) bond motifs is 1. The zero-order valence-corrected chi connectivity index (χ0v) is 16.8.